The molecule has 0 unspecified atom stereocenters. The lowest BCUT2D eigenvalue weighted by molar-refractivity contribution is -0.173. The van der Waals surface area contributed by atoms with Crippen LogP contribution in [-0.2, 0) is 4.84 Å². The smallest absolute Gasteiger partial charge is 0.386 e. The number of carbonyl (C=O) groups excluding carboxylic acids is 1. The maximum absolute atomic E-state index is 13.2. The number of nitrogens with zero attached hydrogens (tertiary/aromatic N) is 5. The number of piperidine rings is 2. The summed E-state index contributed by atoms with van der Waals surface area (Å²) in [4.78, 5) is 30.7. The Kier molecular flexibility index (Phi) is 8.76. The molecule has 7 nitrogen and oxygen atoms in total. The van der Waals surface area contributed by atoms with Crippen molar-refractivity contribution in [2.24, 2.45) is 11.1 Å². The van der Waals surface area contributed by atoms with Crippen molar-refractivity contribution in [2.45, 2.75) is 58.2 Å². The van der Waals surface area contributed by atoms with Crippen LogP contribution in [0.3, 0.4) is 0 Å². The van der Waals surface area contributed by atoms with E-state index < -0.39 is 12.8 Å². The quantitative estimate of drug-likeness (QED) is 0.324. The van der Waals surface area contributed by atoms with Crippen LogP contribution in [0.4, 0.5) is 13.2 Å². The molecule has 38 heavy (non-hydrogen) atoms. The van der Waals surface area contributed by atoms with Crippen molar-refractivity contribution in [1.82, 2.24) is 19.8 Å². The fourth-order valence-electron chi connectivity index (χ4n) is 5.42. The van der Waals surface area contributed by atoms with Crippen molar-refractivity contribution in [1.29, 1.82) is 0 Å². The third kappa shape index (κ3) is 6.72. The fourth-order valence-corrected chi connectivity index (χ4v) is 5.68. The van der Waals surface area contributed by atoms with E-state index in [2.05, 4.69) is 42.9 Å². The Morgan fingerprint density at radius 3 is 2.21 bits per heavy atom. The molecule has 1 aromatic carbocycles. The Labute approximate surface area is 229 Å². The summed E-state index contributed by atoms with van der Waals surface area (Å²) in [6, 6.07) is 7.40. The molecule has 2 aliphatic heterocycles. The van der Waals surface area contributed by atoms with E-state index in [1.54, 1.807) is 0 Å². The molecule has 0 N–H and O–H groups in total. The monoisotopic (exact) mass is 595 g/mol. The van der Waals surface area contributed by atoms with Gasteiger partial charge >= 0.3 is 6.18 Å². The first-order valence-corrected chi connectivity index (χ1v) is 13.6. The number of hydrogen-bond donors (Lipinski definition) is 0. The highest BCUT2D eigenvalue weighted by Gasteiger charge is 2.40. The number of likely N-dealkylation sites (tertiary alicyclic amines) is 2. The van der Waals surface area contributed by atoms with E-state index in [0.717, 1.165) is 48.8 Å². The minimum Gasteiger partial charge on any atom is -0.386 e. The summed E-state index contributed by atoms with van der Waals surface area (Å²) in [7, 11) is 0. The molecular weight excluding hydrogens is 563 g/mol. The zero-order chi connectivity index (χ0) is 27.5. The second kappa shape index (κ2) is 11.7. The fraction of sp³-hybridized carbons (Fsp3) is 0.556. The van der Waals surface area contributed by atoms with Gasteiger partial charge in [0.05, 0.1) is 22.7 Å². The molecule has 0 bridgehead atoms. The SMILES string of the molecule is Cc1ncnc(C)c1C(=O)N1CCC(C)(N2CCC(/C(=N\OCC(F)(F)F)c3ccc(Br)cc3)CC2)CC1. The van der Waals surface area contributed by atoms with Crippen LogP contribution in [0.1, 0.15) is 59.9 Å². The molecule has 0 saturated carbocycles. The highest BCUT2D eigenvalue weighted by atomic mass is 79.9. The Morgan fingerprint density at radius 1 is 1.08 bits per heavy atom. The van der Waals surface area contributed by atoms with Gasteiger partial charge < -0.3 is 9.74 Å². The summed E-state index contributed by atoms with van der Waals surface area (Å²) in [5, 5.41) is 3.97. The van der Waals surface area contributed by atoms with Crippen LogP contribution >= 0.6 is 15.9 Å². The van der Waals surface area contributed by atoms with Crippen molar-refractivity contribution >= 4 is 27.5 Å². The van der Waals surface area contributed by atoms with Crippen molar-refractivity contribution in [3.63, 3.8) is 0 Å². The second-order valence-corrected chi connectivity index (χ2v) is 11.3. The van der Waals surface area contributed by atoms with Crippen LogP contribution < -0.4 is 0 Å². The predicted octanol–water partition coefficient (Wildman–Crippen LogP) is 5.55. The number of aromatic nitrogens is 2. The van der Waals surface area contributed by atoms with Gasteiger partial charge in [-0.15, -0.1) is 0 Å². The van der Waals surface area contributed by atoms with E-state index in [0.29, 0.717) is 35.8 Å². The van der Waals surface area contributed by atoms with Crippen LogP contribution in [0.5, 0.6) is 0 Å². The van der Waals surface area contributed by atoms with E-state index in [4.69, 9.17) is 4.84 Å². The molecule has 4 rings (SSSR count). The molecule has 0 radical (unpaired) electrons. The lowest BCUT2D eigenvalue weighted by atomic mass is 9.82. The summed E-state index contributed by atoms with van der Waals surface area (Å²) < 4.78 is 38.9. The Balaban J connectivity index is 1.39. The number of carbonyl (C=O) groups is 1. The first-order valence-electron chi connectivity index (χ1n) is 12.8. The van der Waals surface area contributed by atoms with Crippen molar-refractivity contribution in [3.8, 4) is 0 Å². The summed E-state index contributed by atoms with van der Waals surface area (Å²) in [6.45, 7) is 7.41. The third-order valence-corrected chi connectivity index (χ3v) is 8.27. The lowest BCUT2D eigenvalue weighted by Crippen LogP contribution is -2.56. The van der Waals surface area contributed by atoms with E-state index in [1.165, 1.54) is 6.33 Å². The van der Waals surface area contributed by atoms with E-state index >= 15 is 0 Å². The zero-order valence-electron chi connectivity index (χ0n) is 21.9. The normalized spacial score (nSPS) is 19.4. The van der Waals surface area contributed by atoms with Gasteiger partial charge in [-0.25, -0.2) is 9.97 Å². The van der Waals surface area contributed by atoms with Crippen LogP contribution in [0.25, 0.3) is 0 Å². The van der Waals surface area contributed by atoms with Gasteiger partial charge in [0.2, 0.25) is 6.61 Å². The number of rotatable bonds is 6. The summed E-state index contributed by atoms with van der Waals surface area (Å²) >= 11 is 3.40. The molecule has 0 spiro atoms. The van der Waals surface area contributed by atoms with Gasteiger partial charge in [-0.2, -0.15) is 13.2 Å². The maximum atomic E-state index is 13.2. The number of hydrogen-bond acceptors (Lipinski definition) is 6. The Hall–Kier alpha value is -2.53. The Morgan fingerprint density at radius 2 is 1.66 bits per heavy atom. The maximum Gasteiger partial charge on any atom is 0.425 e. The van der Waals surface area contributed by atoms with Gasteiger partial charge in [-0.05, 0) is 77.2 Å². The standard InChI is InChI=1S/C27H33BrF3N5O2/c1-18-23(19(2)33-17-32-18)25(37)35-14-10-26(3,11-15-35)36-12-8-21(9-13-36)24(34-38-16-27(29,30)31)20-4-6-22(28)7-5-20/h4-7,17,21H,8-16H2,1-3H3/b34-24-. The summed E-state index contributed by atoms with van der Waals surface area (Å²) in [6.07, 6.45) is 0.265. The molecule has 3 heterocycles. The van der Waals surface area contributed by atoms with E-state index in [9.17, 15) is 18.0 Å². The molecule has 2 fully saturated rings. The topological polar surface area (TPSA) is 70.9 Å². The van der Waals surface area contributed by atoms with Crippen LogP contribution in [-0.4, -0.2) is 75.9 Å². The molecule has 2 aliphatic rings. The number of halogens is 4. The van der Waals surface area contributed by atoms with Gasteiger partial charge in [0.1, 0.15) is 6.33 Å². The van der Waals surface area contributed by atoms with Crippen LogP contribution in [0, 0.1) is 19.8 Å². The molecule has 2 saturated heterocycles. The first-order chi connectivity index (χ1) is 18.0. The second-order valence-electron chi connectivity index (χ2n) is 10.3. The lowest BCUT2D eigenvalue weighted by Gasteiger charge is -2.49. The van der Waals surface area contributed by atoms with Crippen LogP contribution in [0.15, 0.2) is 40.2 Å². The van der Waals surface area contributed by atoms with Gasteiger partial charge in [-0.3, -0.25) is 9.69 Å². The zero-order valence-corrected chi connectivity index (χ0v) is 23.5. The molecule has 206 valence electrons. The van der Waals surface area contributed by atoms with E-state index in [-0.39, 0.29) is 17.4 Å². The third-order valence-electron chi connectivity index (χ3n) is 7.74. The van der Waals surface area contributed by atoms with Crippen molar-refractivity contribution in [3.05, 3.63) is 57.6 Å². The van der Waals surface area contributed by atoms with Gasteiger partial charge in [-0.1, -0.05) is 33.2 Å². The summed E-state index contributed by atoms with van der Waals surface area (Å²) in [5.41, 5.74) is 3.25. The van der Waals surface area contributed by atoms with Gasteiger partial charge in [0.15, 0.2) is 0 Å². The van der Waals surface area contributed by atoms with Gasteiger partial charge in [0, 0.05) is 29.0 Å². The number of amides is 1. The van der Waals surface area contributed by atoms with E-state index in [1.807, 2.05) is 43.0 Å². The highest BCUT2D eigenvalue weighted by molar-refractivity contribution is 9.10. The average Bonchev–Trinajstić information content (AvgIpc) is 2.87. The first kappa shape index (κ1) is 28.5. The Bertz CT molecular complexity index is 1140. The van der Waals surface area contributed by atoms with Crippen molar-refractivity contribution < 1.29 is 22.8 Å². The molecule has 11 heteroatoms. The minimum absolute atomic E-state index is 0.00467. The molecule has 1 amide bonds. The largest absolute Gasteiger partial charge is 0.425 e. The number of alkyl halides is 3. The highest BCUT2D eigenvalue weighted by Crippen LogP contribution is 2.34. The summed E-state index contributed by atoms with van der Waals surface area (Å²) in [5.74, 6) is -0.0227. The molecule has 0 atom stereocenters. The number of benzene rings is 1. The molecule has 0 aliphatic carbocycles. The predicted molar refractivity (Wildman–Crippen MR) is 142 cm³/mol. The number of aryl methyl sites for hydroxylation is 2. The minimum atomic E-state index is -4.44. The molecule has 2 aromatic rings. The molecular formula is C27H33BrF3N5O2. The van der Waals surface area contributed by atoms with Crippen LogP contribution in [0.2, 0.25) is 0 Å². The number of oxime groups is 1. The molecule has 1 aromatic heterocycles. The van der Waals surface area contributed by atoms with Gasteiger partial charge in [0.25, 0.3) is 5.91 Å². The average molecular weight is 596 g/mol. The van der Waals surface area contributed by atoms with Crippen molar-refractivity contribution in [2.75, 3.05) is 32.8 Å².